The van der Waals surface area contributed by atoms with Gasteiger partial charge in [0.25, 0.3) is 0 Å². The second-order valence-electron chi connectivity index (χ2n) is 2.19. The van der Waals surface area contributed by atoms with Crippen LogP contribution in [-0.2, 0) is 0 Å². The average Bonchev–Trinajstić information content (AvgIpc) is 2.33. The smallest absolute Gasteiger partial charge is 0.0661 e. The molecule has 0 unspecified atom stereocenters. The van der Waals surface area contributed by atoms with Crippen LogP contribution < -0.4 is 5.32 Å². The zero-order chi connectivity index (χ0) is 6.10. The van der Waals surface area contributed by atoms with Crippen LogP contribution in [-0.4, -0.2) is 19.3 Å². The molecular formula is C7H8N2. The van der Waals surface area contributed by atoms with Crippen molar-refractivity contribution >= 4 is 6.21 Å². The Labute approximate surface area is 54.0 Å². The highest BCUT2D eigenvalue weighted by Crippen LogP contribution is 2.11. The van der Waals surface area contributed by atoms with Gasteiger partial charge in [-0.2, -0.15) is 0 Å². The van der Waals surface area contributed by atoms with Crippen LogP contribution in [0, 0.1) is 0 Å². The highest BCUT2D eigenvalue weighted by atomic mass is 14.9. The highest BCUT2D eigenvalue weighted by molar-refractivity contribution is 5.83. The quantitative estimate of drug-likeness (QED) is 0.494. The van der Waals surface area contributed by atoms with E-state index in [0.29, 0.717) is 0 Å². The van der Waals surface area contributed by atoms with Gasteiger partial charge in [0, 0.05) is 12.8 Å². The molecule has 2 rings (SSSR count). The fraction of sp³-hybridized carbons (Fsp3) is 0.286. The zero-order valence-corrected chi connectivity index (χ0v) is 5.09. The molecule has 0 spiro atoms. The molecule has 2 aliphatic heterocycles. The van der Waals surface area contributed by atoms with Crippen molar-refractivity contribution in [3.05, 3.63) is 23.4 Å². The summed E-state index contributed by atoms with van der Waals surface area (Å²) >= 11 is 0. The third-order valence-electron chi connectivity index (χ3n) is 1.56. The molecule has 0 fully saturated rings. The highest BCUT2D eigenvalue weighted by Gasteiger charge is 2.08. The number of hydrogen-bond acceptors (Lipinski definition) is 2. The lowest BCUT2D eigenvalue weighted by molar-refractivity contribution is 0.927. The average molecular weight is 120 g/mol. The van der Waals surface area contributed by atoms with Crippen LogP contribution >= 0.6 is 0 Å². The predicted octanol–water partition coefficient (Wildman–Crippen LogP) is 0.484. The second kappa shape index (κ2) is 1.72. The Kier molecular flexibility index (Phi) is 0.918. The standard InChI is InChI=1S/C7H8N2/c1-2-6-4-8-5-7(6)9-3-1/h1-2,5,9H,3-4H2. The minimum atomic E-state index is 0.860. The van der Waals surface area contributed by atoms with Crippen molar-refractivity contribution in [3.8, 4) is 0 Å². The lowest BCUT2D eigenvalue weighted by Crippen LogP contribution is -2.17. The summed E-state index contributed by atoms with van der Waals surface area (Å²) in [5.74, 6) is 0. The van der Waals surface area contributed by atoms with Crippen molar-refractivity contribution in [1.29, 1.82) is 0 Å². The zero-order valence-electron chi connectivity index (χ0n) is 5.09. The number of rotatable bonds is 0. The van der Waals surface area contributed by atoms with Crippen LogP contribution in [0.25, 0.3) is 0 Å². The van der Waals surface area contributed by atoms with Crippen molar-refractivity contribution in [2.75, 3.05) is 13.1 Å². The van der Waals surface area contributed by atoms with E-state index >= 15 is 0 Å². The molecule has 0 saturated carbocycles. The summed E-state index contributed by atoms with van der Waals surface area (Å²) in [6.45, 7) is 1.81. The molecule has 2 heteroatoms. The Morgan fingerprint density at radius 1 is 1.56 bits per heavy atom. The van der Waals surface area contributed by atoms with E-state index in [2.05, 4.69) is 22.5 Å². The lowest BCUT2D eigenvalue weighted by Gasteiger charge is -2.07. The molecule has 2 aliphatic rings. The Bertz CT molecular complexity index is 211. The van der Waals surface area contributed by atoms with Gasteiger partial charge >= 0.3 is 0 Å². The van der Waals surface area contributed by atoms with Gasteiger partial charge in [0.05, 0.1) is 12.2 Å². The number of nitrogens with one attached hydrogen (secondary N) is 1. The van der Waals surface area contributed by atoms with Crippen molar-refractivity contribution in [1.82, 2.24) is 5.32 Å². The molecule has 0 aliphatic carbocycles. The molecule has 0 aromatic heterocycles. The maximum atomic E-state index is 4.12. The Balaban J connectivity index is 2.35. The van der Waals surface area contributed by atoms with E-state index in [1.54, 1.807) is 0 Å². The lowest BCUT2D eigenvalue weighted by atomic mass is 10.2. The van der Waals surface area contributed by atoms with E-state index in [9.17, 15) is 0 Å². The molecule has 2 heterocycles. The maximum absolute atomic E-state index is 4.12. The molecule has 1 N–H and O–H groups in total. The summed E-state index contributed by atoms with van der Waals surface area (Å²) in [4.78, 5) is 4.12. The van der Waals surface area contributed by atoms with Crippen molar-refractivity contribution in [2.45, 2.75) is 0 Å². The van der Waals surface area contributed by atoms with E-state index in [0.717, 1.165) is 13.1 Å². The molecule has 0 radical (unpaired) electrons. The van der Waals surface area contributed by atoms with Crippen LogP contribution in [0.15, 0.2) is 28.4 Å². The van der Waals surface area contributed by atoms with E-state index in [1.807, 2.05) is 6.21 Å². The van der Waals surface area contributed by atoms with Gasteiger partial charge in [0.1, 0.15) is 0 Å². The van der Waals surface area contributed by atoms with Crippen molar-refractivity contribution < 1.29 is 0 Å². The minimum absolute atomic E-state index is 0.860. The molecule has 9 heavy (non-hydrogen) atoms. The summed E-state index contributed by atoms with van der Waals surface area (Å²) < 4.78 is 0. The van der Waals surface area contributed by atoms with Gasteiger partial charge in [-0.1, -0.05) is 12.2 Å². The van der Waals surface area contributed by atoms with Gasteiger partial charge in [-0.15, -0.1) is 0 Å². The van der Waals surface area contributed by atoms with E-state index in [4.69, 9.17) is 0 Å². The first-order chi connectivity index (χ1) is 4.47. The molecule has 0 saturated heterocycles. The summed E-state index contributed by atoms with van der Waals surface area (Å²) in [7, 11) is 0. The summed E-state index contributed by atoms with van der Waals surface area (Å²) in [5.41, 5.74) is 2.53. The molecular weight excluding hydrogens is 112 g/mol. The topological polar surface area (TPSA) is 24.4 Å². The van der Waals surface area contributed by atoms with Gasteiger partial charge in [-0.3, -0.25) is 4.99 Å². The van der Waals surface area contributed by atoms with Crippen LogP contribution in [0.3, 0.4) is 0 Å². The Hall–Kier alpha value is -1.05. The molecule has 0 atom stereocenters. The number of nitrogens with zero attached hydrogens (tertiary/aromatic N) is 1. The third kappa shape index (κ3) is 0.669. The molecule has 2 nitrogen and oxygen atoms in total. The van der Waals surface area contributed by atoms with Crippen molar-refractivity contribution in [2.24, 2.45) is 4.99 Å². The first-order valence-electron chi connectivity index (χ1n) is 3.10. The predicted molar refractivity (Wildman–Crippen MR) is 37.5 cm³/mol. The van der Waals surface area contributed by atoms with Crippen LogP contribution in [0.4, 0.5) is 0 Å². The number of aliphatic imine (C=N–C) groups is 1. The number of allylic oxidation sites excluding steroid dienone is 1. The van der Waals surface area contributed by atoms with Crippen LogP contribution in [0.1, 0.15) is 0 Å². The second-order valence-corrected chi connectivity index (χ2v) is 2.19. The molecule has 0 amide bonds. The van der Waals surface area contributed by atoms with Crippen LogP contribution in [0.5, 0.6) is 0 Å². The number of hydrogen-bond donors (Lipinski definition) is 1. The fourth-order valence-corrected chi connectivity index (χ4v) is 1.08. The first kappa shape index (κ1) is 4.79. The van der Waals surface area contributed by atoms with Gasteiger partial charge in [-0.05, 0) is 5.57 Å². The Morgan fingerprint density at radius 3 is 3.44 bits per heavy atom. The SMILES string of the molecule is C1=CC2=C(C=NC2)NC1. The molecule has 0 aromatic carbocycles. The summed E-state index contributed by atoms with van der Waals surface area (Å²) in [5, 5.41) is 3.22. The minimum Gasteiger partial charge on any atom is -0.380 e. The van der Waals surface area contributed by atoms with E-state index in [1.165, 1.54) is 11.3 Å². The van der Waals surface area contributed by atoms with Crippen LogP contribution in [0.2, 0.25) is 0 Å². The Morgan fingerprint density at radius 2 is 2.56 bits per heavy atom. The molecule has 46 valence electrons. The largest absolute Gasteiger partial charge is 0.380 e. The van der Waals surface area contributed by atoms with E-state index < -0.39 is 0 Å². The first-order valence-corrected chi connectivity index (χ1v) is 3.10. The van der Waals surface area contributed by atoms with Gasteiger partial charge in [-0.25, -0.2) is 0 Å². The summed E-state index contributed by atoms with van der Waals surface area (Å²) in [6, 6.07) is 0. The van der Waals surface area contributed by atoms with Gasteiger partial charge in [0.15, 0.2) is 0 Å². The molecule has 0 aromatic rings. The van der Waals surface area contributed by atoms with E-state index in [-0.39, 0.29) is 0 Å². The van der Waals surface area contributed by atoms with Gasteiger partial charge < -0.3 is 5.32 Å². The summed E-state index contributed by atoms with van der Waals surface area (Å²) in [6.07, 6.45) is 6.16. The van der Waals surface area contributed by atoms with Gasteiger partial charge in [0.2, 0.25) is 0 Å². The molecule has 0 bridgehead atoms. The third-order valence-corrected chi connectivity index (χ3v) is 1.56. The monoisotopic (exact) mass is 120 g/mol. The number of dihydropyridines is 1. The maximum Gasteiger partial charge on any atom is 0.0661 e. The fourth-order valence-electron chi connectivity index (χ4n) is 1.08. The normalized spacial score (nSPS) is 22.2. The van der Waals surface area contributed by atoms with Crippen molar-refractivity contribution in [3.63, 3.8) is 0 Å².